The van der Waals surface area contributed by atoms with E-state index in [0.29, 0.717) is 11.8 Å². The van der Waals surface area contributed by atoms with Crippen molar-refractivity contribution in [2.24, 2.45) is 0 Å². The summed E-state index contributed by atoms with van der Waals surface area (Å²) in [6.07, 6.45) is 5.77. The van der Waals surface area contributed by atoms with Gasteiger partial charge in [-0.25, -0.2) is 4.98 Å². The van der Waals surface area contributed by atoms with Gasteiger partial charge in [-0.2, -0.15) is 18.2 Å². The number of aromatic nitrogens is 3. The van der Waals surface area contributed by atoms with Crippen LogP contribution in [0, 0.1) is 12.1 Å². The first-order chi connectivity index (χ1) is 24.5. The molecule has 0 saturated carbocycles. The molecule has 1 aliphatic rings. The minimum Gasteiger partial charge on any atom is -0.415 e. The Morgan fingerprint density at radius 2 is 1.25 bits per heavy atom. The van der Waals surface area contributed by atoms with E-state index in [1.54, 1.807) is 0 Å². The van der Waals surface area contributed by atoms with Crippen molar-refractivity contribution in [3.63, 3.8) is 0 Å². The van der Waals surface area contributed by atoms with Crippen molar-refractivity contribution in [1.29, 1.82) is 0 Å². The molecule has 0 unspecified atom stereocenters. The van der Waals surface area contributed by atoms with Crippen LogP contribution in [0.2, 0.25) is 0 Å². The Hall–Kier alpha value is -5.23. The van der Waals surface area contributed by atoms with E-state index in [-0.39, 0.29) is 27.1 Å². The summed E-state index contributed by atoms with van der Waals surface area (Å²) in [5.74, 6) is 2.77. The number of pyridine rings is 1. The van der Waals surface area contributed by atoms with Gasteiger partial charge in [0, 0.05) is 50.1 Å². The molecule has 0 amide bonds. The summed E-state index contributed by atoms with van der Waals surface area (Å²) in [5.41, 5.74) is 9.50. The van der Waals surface area contributed by atoms with E-state index in [1.165, 1.54) is 22.3 Å². The van der Waals surface area contributed by atoms with Gasteiger partial charge >= 0.3 is 6.98 Å². The Kier molecular flexibility index (Phi) is 11.3. The Morgan fingerprint density at radius 1 is 0.588 bits per heavy atom. The van der Waals surface area contributed by atoms with Crippen molar-refractivity contribution in [2.75, 3.05) is 9.62 Å². The van der Waals surface area contributed by atoms with Crippen LogP contribution in [-0.2, 0) is 20.1 Å². The van der Waals surface area contributed by atoms with E-state index in [1.807, 2.05) is 60.9 Å². The number of hydrogen-bond acceptors (Lipinski definition) is 4. The Bertz CT molecular complexity index is 2040. The first-order valence-electron chi connectivity index (χ1n) is 17.3. The predicted molar refractivity (Wildman–Crippen MR) is 208 cm³/mol. The van der Waals surface area contributed by atoms with Crippen LogP contribution >= 0.6 is 0 Å². The van der Waals surface area contributed by atoms with Crippen LogP contribution in [0.4, 0.5) is 22.9 Å². The summed E-state index contributed by atoms with van der Waals surface area (Å²) in [4.78, 5) is 13.9. The van der Waals surface area contributed by atoms with Gasteiger partial charge in [0.15, 0.2) is 0 Å². The van der Waals surface area contributed by atoms with E-state index < -0.39 is 0 Å². The second-order valence-electron chi connectivity index (χ2n) is 12.9. The normalized spacial score (nSPS) is 12.0. The minimum absolute atomic E-state index is 0. The maximum absolute atomic E-state index is 4.64. The predicted octanol–water partition coefficient (Wildman–Crippen LogP) is 10.2. The first kappa shape index (κ1) is 35.6. The molecule has 0 saturated heterocycles. The van der Waals surface area contributed by atoms with Gasteiger partial charge in [-0.05, 0) is 52.7 Å². The maximum atomic E-state index is 4.64. The van der Waals surface area contributed by atoms with Crippen molar-refractivity contribution in [3.05, 3.63) is 181 Å². The molecular formula is C44H40BIrN5-2. The fraction of sp³-hybridized carbons (Fsp3) is 0.136. The van der Waals surface area contributed by atoms with Gasteiger partial charge in [-0.15, -0.1) is 42.0 Å². The van der Waals surface area contributed by atoms with Crippen molar-refractivity contribution >= 4 is 35.3 Å². The SMILES string of the molecule is CC(C)c1cccc(C(C)C)c1-n1ccnc1-c1[c-]cccc1.[Ir].[c-]1cccc2c1N(c1ccccn1)B(c1ccccc1)N2c1ccccc1. The quantitative estimate of drug-likeness (QED) is 0.118. The van der Waals surface area contributed by atoms with Crippen molar-refractivity contribution < 1.29 is 20.1 Å². The van der Waals surface area contributed by atoms with Crippen molar-refractivity contribution in [3.8, 4) is 17.1 Å². The third kappa shape index (κ3) is 7.32. The largest absolute Gasteiger partial charge is 0.415 e. The monoisotopic (exact) mass is 842 g/mol. The molecular weight excluding hydrogens is 802 g/mol. The number of imidazole rings is 1. The molecule has 5 nitrogen and oxygen atoms in total. The molecule has 0 N–H and O–H groups in total. The average Bonchev–Trinajstić information content (AvgIpc) is 3.80. The van der Waals surface area contributed by atoms with Gasteiger partial charge in [0.1, 0.15) is 5.82 Å². The molecule has 1 radical (unpaired) electrons. The van der Waals surface area contributed by atoms with E-state index in [4.69, 9.17) is 0 Å². The number of benzene rings is 5. The van der Waals surface area contributed by atoms with Crippen molar-refractivity contribution in [1.82, 2.24) is 14.5 Å². The van der Waals surface area contributed by atoms with Gasteiger partial charge in [0.05, 0.1) is 5.82 Å². The summed E-state index contributed by atoms with van der Waals surface area (Å²) >= 11 is 0. The van der Waals surface area contributed by atoms with E-state index in [2.05, 4.69) is 161 Å². The van der Waals surface area contributed by atoms with Gasteiger partial charge in [0.25, 0.3) is 0 Å². The summed E-state index contributed by atoms with van der Waals surface area (Å²) in [6.45, 7) is 8.95. The molecule has 0 spiro atoms. The molecule has 2 aromatic heterocycles. The fourth-order valence-corrected chi connectivity index (χ4v) is 6.71. The van der Waals surface area contributed by atoms with Crippen LogP contribution in [0.5, 0.6) is 0 Å². The zero-order valence-electron chi connectivity index (χ0n) is 29.3. The molecule has 51 heavy (non-hydrogen) atoms. The molecule has 3 heterocycles. The molecule has 0 aliphatic carbocycles. The van der Waals surface area contributed by atoms with Gasteiger partial charge < -0.3 is 14.2 Å². The number of fused-ring (bicyclic) bond motifs is 1. The minimum atomic E-state index is -0.0304. The van der Waals surface area contributed by atoms with E-state index >= 15 is 0 Å². The number of hydrogen-bond donors (Lipinski definition) is 0. The number of nitrogens with zero attached hydrogens (tertiary/aromatic N) is 5. The summed E-state index contributed by atoms with van der Waals surface area (Å²) in [6, 6.07) is 54.6. The standard InChI is InChI=1S/C23H17BN3.C21H23N2.Ir/c1-3-11-19(12-4-1)24-26(20-13-5-2-6-14-20)21-15-7-8-16-22(21)27(24)23-17-9-10-18-25-23;1-15(2)18-11-8-12-19(16(3)4)20(18)23-14-13-22-21(23)17-9-6-5-7-10-17;/h1-15,17-18H;5-9,11-16H,1-4H3;/q2*-1;. The first-order valence-corrected chi connectivity index (χ1v) is 17.3. The molecule has 7 heteroatoms. The zero-order chi connectivity index (χ0) is 34.5. The fourth-order valence-electron chi connectivity index (χ4n) is 6.71. The van der Waals surface area contributed by atoms with Crippen LogP contribution in [0.25, 0.3) is 17.1 Å². The number of anilines is 4. The molecule has 7 aromatic rings. The average molecular weight is 842 g/mol. The number of rotatable bonds is 7. The smallest absolute Gasteiger partial charge is 0.408 e. The third-order valence-electron chi connectivity index (χ3n) is 9.00. The molecule has 1 aliphatic heterocycles. The zero-order valence-corrected chi connectivity index (χ0v) is 31.7. The van der Waals surface area contributed by atoms with Crippen LogP contribution in [0.15, 0.2) is 158 Å². The summed E-state index contributed by atoms with van der Waals surface area (Å²) in [7, 11) is 0. The Labute approximate surface area is 316 Å². The molecule has 255 valence electrons. The van der Waals surface area contributed by atoms with Crippen LogP contribution in [-0.4, -0.2) is 21.5 Å². The van der Waals surface area contributed by atoms with E-state index in [9.17, 15) is 0 Å². The van der Waals surface area contributed by atoms with Gasteiger partial charge in [-0.1, -0.05) is 112 Å². The molecule has 8 rings (SSSR count). The molecule has 5 aromatic carbocycles. The van der Waals surface area contributed by atoms with Gasteiger partial charge in [-0.3, -0.25) is 4.98 Å². The summed E-state index contributed by atoms with van der Waals surface area (Å²) in [5, 5.41) is 0. The summed E-state index contributed by atoms with van der Waals surface area (Å²) < 4.78 is 2.22. The molecule has 0 atom stereocenters. The Balaban J connectivity index is 0.000000175. The van der Waals surface area contributed by atoms with Crippen LogP contribution in [0.3, 0.4) is 0 Å². The van der Waals surface area contributed by atoms with Crippen molar-refractivity contribution in [2.45, 2.75) is 39.5 Å². The topological polar surface area (TPSA) is 37.2 Å². The third-order valence-corrected chi connectivity index (χ3v) is 9.00. The number of para-hydroxylation sites is 3. The van der Waals surface area contributed by atoms with Crippen LogP contribution < -0.4 is 15.1 Å². The molecule has 0 bridgehead atoms. The second-order valence-corrected chi connectivity index (χ2v) is 12.9. The second kappa shape index (κ2) is 16.2. The maximum Gasteiger partial charge on any atom is 0.408 e. The Morgan fingerprint density at radius 3 is 1.90 bits per heavy atom. The molecule has 0 fully saturated rings. The van der Waals surface area contributed by atoms with Crippen LogP contribution in [0.1, 0.15) is 50.7 Å². The van der Waals surface area contributed by atoms with E-state index in [0.717, 1.165) is 34.3 Å². The van der Waals surface area contributed by atoms with Gasteiger partial charge in [0.2, 0.25) is 0 Å².